The number of thiophene rings is 1. The van der Waals surface area contributed by atoms with Crippen LogP contribution in [-0.4, -0.2) is 37.5 Å². The average Bonchev–Trinajstić information content (AvgIpc) is 2.78. The summed E-state index contributed by atoms with van der Waals surface area (Å²) < 4.78 is 5.54. The molecule has 0 bridgehead atoms. The highest BCUT2D eigenvalue weighted by Gasteiger charge is 2.08. The highest BCUT2D eigenvalue weighted by atomic mass is 79.9. The van der Waals surface area contributed by atoms with Crippen LogP contribution in [0.2, 0.25) is 0 Å². The van der Waals surface area contributed by atoms with Crippen molar-refractivity contribution < 1.29 is 14.3 Å². The Hall–Kier alpha value is -1.14. The lowest BCUT2D eigenvalue weighted by Crippen LogP contribution is -2.27. The summed E-state index contributed by atoms with van der Waals surface area (Å²) in [6.45, 7) is 0.351. The first-order valence-corrected chi connectivity index (χ1v) is 6.89. The molecule has 0 radical (unpaired) electrons. The van der Waals surface area contributed by atoms with Crippen molar-refractivity contribution >= 4 is 45.2 Å². The lowest BCUT2D eigenvalue weighted by Gasteiger charge is -2.13. The quantitative estimate of drug-likeness (QED) is 0.615. The van der Waals surface area contributed by atoms with Gasteiger partial charge < -0.3 is 9.64 Å². The topological polar surface area (TPSA) is 46.6 Å². The maximum absolute atomic E-state index is 11.7. The highest BCUT2D eigenvalue weighted by molar-refractivity contribution is 9.11. The molecule has 0 aliphatic rings. The maximum atomic E-state index is 11.7. The Balaban J connectivity index is 2.44. The molecule has 0 aliphatic carbocycles. The van der Waals surface area contributed by atoms with Gasteiger partial charge >= 0.3 is 5.97 Å². The summed E-state index contributed by atoms with van der Waals surface area (Å²) in [6, 6.07) is 3.85. The maximum Gasteiger partial charge on any atom is 0.307 e. The fraction of sp³-hybridized carbons (Fsp3) is 0.333. The van der Waals surface area contributed by atoms with Crippen LogP contribution < -0.4 is 0 Å². The summed E-state index contributed by atoms with van der Waals surface area (Å²) >= 11 is 4.90. The second-order valence-electron chi connectivity index (χ2n) is 3.56. The Kier molecular flexibility index (Phi) is 6.07. The lowest BCUT2D eigenvalue weighted by molar-refractivity contribution is -0.141. The molecule has 0 fully saturated rings. The first kappa shape index (κ1) is 14.9. The molecule has 0 saturated heterocycles. The van der Waals surface area contributed by atoms with Crippen LogP contribution in [0.25, 0.3) is 6.08 Å². The number of halogens is 1. The van der Waals surface area contributed by atoms with Gasteiger partial charge in [-0.2, -0.15) is 0 Å². The van der Waals surface area contributed by atoms with Crippen molar-refractivity contribution in [1.29, 1.82) is 0 Å². The van der Waals surface area contributed by atoms with E-state index in [1.165, 1.54) is 18.1 Å². The molecule has 18 heavy (non-hydrogen) atoms. The third kappa shape index (κ3) is 5.01. The number of esters is 1. The minimum atomic E-state index is -0.319. The molecule has 0 N–H and O–H groups in total. The van der Waals surface area contributed by atoms with Gasteiger partial charge in [-0.15, -0.1) is 11.3 Å². The normalized spacial score (nSPS) is 10.6. The van der Waals surface area contributed by atoms with Gasteiger partial charge in [-0.3, -0.25) is 9.59 Å². The first-order chi connectivity index (χ1) is 8.52. The zero-order chi connectivity index (χ0) is 13.5. The average molecular weight is 332 g/mol. The van der Waals surface area contributed by atoms with E-state index in [0.29, 0.717) is 6.54 Å². The number of carbonyl (C=O) groups is 2. The van der Waals surface area contributed by atoms with Gasteiger partial charge in [-0.1, -0.05) is 0 Å². The Morgan fingerprint density at radius 1 is 1.50 bits per heavy atom. The van der Waals surface area contributed by atoms with Crippen molar-refractivity contribution in [2.45, 2.75) is 6.42 Å². The molecular formula is C12H14BrNO3S. The van der Waals surface area contributed by atoms with Crippen LogP contribution >= 0.6 is 27.3 Å². The Morgan fingerprint density at radius 2 is 2.22 bits per heavy atom. The minimum Gasteiger partial charge on any atom is -0.469 e. The second-order valence-corrected chi connectivity index (χ2v) is 6.06. The molecule has 1 heterocycles. The van der Waals surface area contributed by atoms with Crippen molar-refractivity contribution in [2.24, 2.45) is 0 Å². The number of hydrogen-bond donors (Lipinski definition) is 0. The molecule has 1 aromatic rings. The number of carbonyl (C=O) groups excluding carboxylic acids is 2. The summed E-state index contributed by atoms with van der Waals surface area (Å²) in [5.41, 5.74) is 0. The van der Waals surface area contributed by atoms with E-state index in [-0.39, 0.29) is 18.3 Å². The molecule has 1 aromatic heterocycles. The Bertz CT molecular complexity index is 456. The molecule has 98 valence electrons. The van der Waals surface area contributed by atoms with Gasteiger partial charge in [-0.25, -0.2) is 0 Å². The van der Waals surface area contributed by atoms with Crippen molar-refractivity contribution in [1.82, 2.24) is 4.90 Å². The van der Waals surface area contributed by atoms with Crippen LogP contribution in [0.4, 0.5) is 0 Å². The van der Waals surface area contributed by atoms with E-state index in [4.69, 9.17) is 0 Å². The summed E-state index contributed by atoms with van der Waals surface area (Å²) in [5, 5.41) is 0. The van der Waals surface area contributed by atoms with Crippen molar-refractivity contribution in [3.05, 3.63) is 26.9 Å². The van der Waals surface area contributed by atoms with E-state index in [2.05, 4.69) is 20.7 Å². The van der Waals surface area contributed by atoms with Crippen LogP contribution in [0, 0.1) is 0 Å². The Labute approximate surface area is 118 Å². The van der Waals surface area contributed by atoms with Gasteiger partial charge in [0.25, 0.3) is 0 Å². The van der Waals surface area contributed by atoms with Crippen LogP contribution in [0.15, 0.2) is 22.0 Å². The number of methoxy groups -OCH3 is 1. The SMILES string of the molecule is COC(=O)CCN(C)C(=O)/C=C/c1ccc(Br)s1. The van der Waals surface area contributed by atoms with Crippen LogP contribution in [0.1, 0.15) is 11.3 Å². The third-order valence-corrected chi connectivity index (χ3v) is 3.83. The predicted molar refractivity (Wildman–Crippen MR) is 75.3 cm³/mol. The standard InChI is InChI=1S/C12H14BrNO3S/c1-14(8-7-12(16)17-2)11(15)6-4-9-3-5-10(13)18-9/h3-6H,7-8H2,1-2H3/b6-4+. The number of rotatable bonds is 5. The van der Waals surface area contributed by atoms with E-state index in [1.807, 2.05) is 12.1 Å². The molecule has 6 heteroatoms. The van der Waals surface area contributed by atoms with Crippen molar-refractivity contribution in [3.63, 3.8) is 0 Å². The van der Waals surface area contributed by atoms with Gasteiger partial charge in [0, 0.05) is 24.5 Å². The number of nitrogens with zero attached hydrogens (tertiary/aromatic N) is 1. The number of amides is 1. The summed E-state index contributed by atoms with van der Waals surface area (Å²) in [7, 11) is 2.98. The lowest BCUT2D eigenvalue weighted by atomic mass is 10.3. The number of hydrogen-bond acceptors (Lipinski definition) is 4. The van der Waals surface area contributed by atoms with E-state index in [9.17, 15) is 9.59 Å². The van der Waals surface area contributed by atoms with Crippen molar-refractivity contribution in [3.8, 4) is 0 Å². The van der Waals surface area contributed by atoms with Gasteiger partial charge in [0.15, 0.2) is 0 Å². The summed E-state index contributed by atoms with van der Waals surface area (Å²) in [5.74, 6) is -0.454. The van der Waals surface area contributed by atoms with Gasteiger partial charge in [0.2, 0.25) is 5.91 Å². The molecule has 1 amide bonds. The fourth-order valence-electron chi connectivity index (χ4n) is 1.17. The zero-order valence-electron chi connectivity index (χ0n) is 10.2. The molecule has 0 aliphatic heterocycles. The molecule has 0 atom stereocenters. The smallest absolute Gasteiger partial charge is 0.307 e. The van der Waals surface area contributed by atoms with Crippen LogP contribution in [-0.2, 0) is 14.3 Å². The van der Waals surface area contributed by atoms with Gasteiger partial charge in [0.1, 0.15) is 0 Å². The third-order valence-electron chi connectivity index (χ3n) is 2.24. The highest BCUT2D eigenvalue weighted by Crippen LogP contribution is 2.22. The number of likely N-dealkylation sites (N-methyl/N-ethyl adjacent to an activating group) is 1. The zero-order valence-corrected chi connectivity index (χ0v) is 12.6. The molecule has 0 saturated carbocycles. The van der Waals surface area contributed by atoms with E-state index in [1.54, 1.807) is 24.5 Å². The molecule has 0 spiro atoms. The van der Waals surface area contributed by atoms with E-state index >= 15 is 0 Å². The van der Waals surface area contributed by atoms with Crippen LogP contribution in [0.5, 0.6) is 0 Å². The van der Waals surface area contributed by atoms with E-state index in [0.717, 1.165) is 8.66 Å². The fourth-order valence-corrected chi connectivity index (χ4v) is 2.50. The van der Waals surface area contributed by atoms with Crippen LogP contribution in [0.3, 0.4) is 0 Å². The first-order valence-electron chi connectivity index (χ1n) is 5.28. The van der Waals surface area contributed by atoms with Gasteiger partial charge in [-0.05, 0) is 34.1 Å². The molecule has 0 unspecified atom stereocenters. The van der Waals surface area contributed by atoms with E-state index < -0.39 is 0 Å². The second kappa shape index (κ2) is 7.33. The molecular weight excluding hydrogens is 318 g/mol. The number of ether oxygens (including phenoxy) is 1. The summed E-state index contributed by atoms with van der Waals surface area (Å²) in [4.78, 5) is 25.1. The molecule has 4 nitrogen and oxygen atoms in total. The monoisotopic (exact) mass is 331 g/mol. The summed E-state index contributed by atoms with van der Waals surface area (Å²) in [6.07, 6.45) is 3.46. The van der Waals surface area contributed by atoms with Gasteiger partial charge in [0.05, 0.1) is 17.3 Å². The largest absolute Gasteiger partial charge is 0.469 e. The Morgan fingerprint density at radius 3 is 2.78 bits per heavy atom. The van der Waals surface area contributed by atoms with Crippen molar-refractivity contribution in [2.75, 3.05) is 20.7 Å². The minimum absolute atomic E-state index is 0.136. The predicted octanol–water partition coefficient (Wildman–Crippen LogP) is 2.55. The molecule has 0 aromatic carbocycles. The molecule has 1 rings (SSSR count).